The Morgan fingerprint density at radius 1 is 1.19 bits per heavy atom. The third-order valence-corrected chi connectivity index (χ3v) is 4.67. The fourth-order valence-electron chi connectivity index (χ4n) is 3.12. The van der Waals surface area contributed by atoms with Gasteiger partial charge in [-0.3, -0.25) is 14.3 Å². The molecular weight excluding hydrogens is 328 g/mol. The molecule has 0 fully saturated rings. The number of benzene rings is 1. The molecular formula is C20H20N4O2. The number of carbonyl (C=O) groups excluding carboxylic acids is 1. The van der Waals surface area contributed by atoms with E-state index < -0.39 is 6.10 Å². The van der Waals surface area contributed by atoms with Gasteiger partial charge in [-0.25, -0.2) is 4.98 Å². The summed E-state index contributed by atoms with van der Waals surface area (Å²) in [5.41, 5.74) is 3.68. The summed E-state index contributed by atoms with van der Waals surface area (Å²) in [6.07, 6.45) is 5.99. The predicted octanol–water partition coefficient (Wildman–Crippen LogP) is 3.24. The van der Waals surface area contributed by atoms with E-state index in [9.17, 15) is 4.79 Å². The fourth-order valence-corrected chi connectivity index (χ4v) is 3.12. The lowest BCUT2D eigenvalue weighted by atomic mass is 10.1. The molecule has 1 atom stereocenters. The van der Waals surface area contributed by atoms with Gasteiger partial charge < -0.3 is 9.64 Å². The van der Waals surface area contributed by atoms with Gasteiger partial charge in [-0.2, -0.15) is 0 Å². The molecule has 1 aliphatic rings. The van der Waals surface area contributed by atoms with E-state index in [1.54, 1.807) is 25.1 Å². The van der Waals surface area contributed by atoms with E-state index in [2.05, 4.69) is 23.0 Å². The van der Waals surface area contributed by atoms with Crippen molar-refractivity contribution < 1.29 is 9.53 Å². The van der Waals surface area contributed by atoms with E-state index >= 15 is 0 Å². The molecule has 1 aromatic carbocycles. The van der Waals surface area contributed by atoms with Crippen LogP contribution in [0.25, 0.3) is 17.2 Å². The summed E-state index contributed by atoms with van der Waals surface area (Å²) in [7, 11) is 1.77. The van der Waals surface area contributed by atoms with E-state index in [4.69, 9.17) is 4.74 Å². The van der Waals surface area contributed by atoms with E-state index in [1.165, 1.54) is 5.56 Å². The number of aromatic nitrogens is 3. The van der Waals surface area contributed by atoms with Crippen LogP contribution in [0.3, 0.4) is 0 Å². The molecule has 0 unspecified atom stereocenters. The number of nitrogens with zero attached hydrogens (tertiary/aromatic N) is 4. The molecule has 132 valence electrons. The van der Waals surface area contributed by atoms with Crippen molar-refractivity contribution in [2.24, 2.45) is 0 Å². The number of aryl methyl sites for hydroxylation is 1. The quantitative estimate of drug-likeness (QED) is 0.729. The van der Waals surface area contributed by atoms with Crippen molar-refractivity contribution >= 4 is 11.6 Å². The van der Waals surface area contributed by atoms with Gasteiger partial charge in [0.1, 0.15) is 11.4 Å². The third kappa shape index (κ3) is 2.63. The lowest BCUT2D eigenvalue weighted by molar-refractivity contribution is -0.125. The van der Waals surface area contributed by atoms with Crippen LogP contribution in [0.15, 0.2) is 48.9 Å². The second kappa shape index (κ2) is 6.29. The zero-order valence-electron chi connectivity index (χ0n) is 15.0. The van der Waals surface area contributed by atoms with Crippen molar-refractivity contribution in [1.82, 2.24) is 14.5 Å². The maximum Gasteiger partial charge on any atom is 0.267 e. The molecule has 4 rings (SSSR count). The Morgan fingerprint density at radius 3 is 2.77 bits per heavy atom. The van der Waals surface area contributed by atoms with Crippen LogP contribution >= 0.6 is 0 Å². The molecule has 6 heteroatoms. The summed E-state index contributed by atoms with van der Waals surface area (Å²) in [5.74, 6) is 1.40. The average molecular weight is 348 g/mol. The van der Waals surface area contributed by atoms with Crippen LogP contribution in [-0.2, 0) is 11.2 Å². The van der Waals surface area contributed by atoms with Crippen molar-refractivity contribution in [3.63, 3.8) is 0 Å². The fraction of sp³-hybridized carbons (Fsp3) is 0.250. The van der Waals surface area contributed by atoms with Crippen LogP contribution in [0.1, 0.15) is 19.4 Å². The third-order valence-electron chi connectivity index (χ3n) is 4.67. The molecule has 2 aromatic heterocycles. The number of ether oxygens (including phenoxy) is 1. The molecule has 26 heavy (non-hydrogen) atoms. The predicted molar refractivity (Wildman–Crippen MR) is 99.7 cm³/mol. The van der Waals surface area contributed by atoms with E-state index in [0.29, 0.717) is 5.75 Å². The van der Waals surface area contributed by atoms with Gasteiger partial charge in [0.15, 0.2) is 11.9 Å². The van der Waals surface area contributed by atoms with Crippen molar-refractivity contribution in [2.75, 3.05) is 11.9 Å². The molecule has 0 saturated carbocycles. The molecule has 3 heterocycles. The van der Waals surface area contributed by atoms with Gasteiger partial charge in [-0.05, 0) is 37.1 Å². The van der Waals surface area contributed by atoms with E-state index in [0.717, 1.165) is 29.3 Å². The molecule has 0 saturated heterocycles. The Bertz CT molecular complexity index is 962. The molecule has 3 aromatic rings. The molecule has 1 amide bonds. The standard InChI is InChI=1S/C20H20N4O2/c1-4-14-5-7-16(22-12-14)19-21-9-10-24(19)15-6-8-17-18(11-15)26-13(2)20(25)23(17)3/h5-13H,4H2,1-3H3/t13-/m0/s1. The SMILES string of the molecule is CCc1ccc(-c2nccn2-c2ccc3c(c2)O[C@@H](C)C(=O)N3C)nc1. The first-order valence-corrected chi connectivity index (χ1v) is 8.65. The highest BCUT2D eigenvalue weighted by Crippen LogP contribution is 2.35. The Kier molecular flexibility index (Phi) is 3.95. The number of pyridine rings is 1. The minimum absolute atomic E-state index is 0.0474. The molecule has 0 spiro atoms. The number of fused-ring (bicyclic) bond motifs is 1. The van der Waals surface area contributed by atoms with Crippen LogP contribution in [-0.4, -0.2) is 33.6 Å². The molecule has 0 bridgehead atoms. The van der Waals surface area contributed by atoms with Crippen molar-refractivity contribution in [3.05, 3.63) is 54.5 Å². The van der Waals surface area contributed by atoms with Crippen LogP contribution in [0.4, 0.5) is 5.69 Å². The summed E-state index contributed by atoms with van der Waals surface area (Å²) in [5, 5.41) is 0. The Labute approximate surface area is 152 Å². The number of hydrogen-bond donors (Lipinski definition) is 0. The Hall–Kier alpha value is -3.15. The summed E-state index contributed by atoms with van der Waals surface area (Å²) < 4.78 is 7.76. The maximum absolute atomic E-state index is 12.1. The molecule has 0 radical (unpaired) electrons. The van der Waals surface area contributed by atoms with Gasteiger partial charge >= 0.3 is 0 Å². The zero-order valence-corrected chi connectivity index (χ0v) is 15.0. The minimum Gasteiger partial charge on any atom is -0.479 e. The number of rotatable bonds is 3. The Morgan fingerprint density at radius 2 is 2.04 bits per heavy atom. The van der Waals surface area contributed by atoms with Crippen molar-refractivity contribution in [3.8, 4) is 23.0 Å². The van der Waals surface area contributed by atoms with Gasteiger partial charge in [0.2, 0.25) is 0 Å². The van der Waals surface area contributed by atoms with Crippen LogP contribution in [0.2, 0.25) is 0 Å². The van der Waals surface area contributed by atoms with Crippen LogP contribution in [0.5, 0.6) is 5.75 Å². The normalized spacial score (nSPS) is 16.3. The summed E-state index contributed by atoms with van der Waals surface area (Å²) in [4.78, 5) is 22.7. The van der Waals surface area contributed by atoms with Gasteiger partial charge in [0.25, 0.3) is 5.91 Å². The molecule has 1 aliphatic heterocycles. The highest BCUT2D eigenvalue weighted by molar-refractivity contribution is 5.99. The number of imidazole rings is 1. The topological polar surface area (TPSA) is 60.3 Å². The van der Waals surface area contributed by atoms with Gasteiger partial charge in [-0.15, -0.1) is 0 Å². The van der Waals surface area contributed by atoms with Crippen molar-refractivity contribution in [2.45, 2.75) is 26.4 Å². The molecule has 0 aliphatic carbocycles. The second-order valence-electron chi connectivity index (χ2n) is 6.34. The number of hydrogen-bond acceptors (Lipinski definition) is 4. The Balaban J connectivity index is 1.75. The van der Waals surface area contributed by atoms with Gasteiger partial charge in [0.05, 0.1) is 11.4 Å². The first kappa shape index (κ1) is 16.3. The first-order chi connectivity index (χ1) is 12.6. The largest absolute Gasteiger partial charge is 0.479 e. The van der Waals surface area contributed by atoms with Gasteiger partial charge in [0, 0.05) is 31.7 Å². The smallest absolute Gasteiger partial charge is 0.267 e. The lowest BCUT2D eigenvalue weighted by Gasteiger charge is -2.30. The van der Waals surface area contributed by atoms with E-state index in [-0.39, 0.29) is 5.91 Å². The van der Waals surface area contributed by atoms with Crippen molar-refractivity contribution in [1.29, 1.82) is 0 Å². The number of anilines is 1. The average Bonchev–Trinajstić information content (AvgIpc) is 3.15. The second-order valence-corrected chi connectivity index (χ2v) is 6.34. The number of likely N-dealkylation sites (N-methyl/N-ethyl adjacent to an activating group) is 1. The number of carbonyl (C=O) groups is 1. The first-order valence-electron chi connectivity index (χ1n) is 8.65. The zero-order chi connectivity index (χ0) is 18.3. The molecule has 0 N–H and O–H groups in total. The highest BCUT2D eigenvalue weighted by Gasteiger charge is 2.29. The minimum atomic E-state index is -0.492. The van der Waals surface area contributed by atoms with Gasteiger partial charge in [-0.1, -0.05) is 13.0 Å². The maximum atomic E-state index is 12.1. The summed E-state index contributed by atoms with van der Waals surface area (Å²) in [6, 6.07) is 9.83. The van der Waals surface area contributed by atoms with Crippen LogP contribution in [0, 0.1) is 0 Å². The van der Waals surface area contributed by atoms with Crippen LogP contribution < -0.4 is 9.64 Å². The highest BCUT2D eigenvalue weighted by atomic mass is 16.5. The number of amides is 1. The lowest BCUT2D eigenvalue weighted by Crippen LogP contribution is -2.41. The summed E-state index contributed by atoms with van der Waals surface area (Å²) >= 11 is 0. The van der Waals surface area contributed by atoms with E-state index in [1.807, 2.05) is 41.2 Å². The summed E-state index contributed by atoms with van der Waals surface area (Å²) in [6.45, 7) is 3.86. The molecule has 6 nitrogen and oxygen atoms in total. The monoisotopic (exact) mass is 348 g/mol.